The van der Waals surface area contributed by atoms with Crippen LogP contribution in [0.2, 0.25) is 0 Å². The minimum Gasteiger partial charge on any atom is -0.534 e. The molecule has 2 rings (SSSR count). The Bertz CT molecular complexity index is 605. The second-order valence-electron chi connectivity index (χ2n) is 3.85. The topological polar surface area (TPSA) is 40.5 Å². The Labute approximate surface area is 124 Å². The molecule has 1 aromatic carbocycles. The van der Waals surface area contributed by atoms with Gasteiger partial charge in [-0.1, -0.05) is 23.9 Å². The largest absolute Gasteiger partial charge is 1.00 e. The zero-order chi connectivity index (χ0) is 13.1. The Hall–Kier alpha value is -1.63. The number of hydrogen-bond donors (Lipinski definition) is 0. The van der Waals surface area contributed by atoms with E-state index in [-0.39, 0.29) is 24.4 Å². The molecule has 0 aliphatic carbocycles. The minimum atomic E-state index is -0.218. The van der Waals surface area contributed by atoms with Gasteiger partial charge >= 0.3 is 18.9 Å². The SMILES string of the molecule is COc1ccc(-c2cn(C)c(=O)[c-]c2OC)cc1.[Li+]. The fourth-order valence-corrected chi connectivity index (χ4v) is 1.70. The van der Waals surface area contributed by atoms with Gasteiger partial charge in [-0.2, -0.15) is 0 Å². The van der Waals surface area contributed by atoms with Crippen molar-refractivity contribution in [2.24, 2.45) is 7.05 Å². The predicted molar refractivity (Wildman–Crippen MR) is 69.1 cm³/mol. The monoisotopic (exact) mass is 251 g/mol. The third kappa shape index (κ3) is 3.22. The average Bonchev–Trinajstić information content (AvgIpc) is 2.41. The van der Waals surface area contributed by atoms with Gasteiger partial charge in [0, 0.05) is 7.05 Å². The van der Waals surface area contributed by atoms with Crippen molar-refractivity contribution in [2.45, 2.75) is 0 Å². The summed E-state index contributed by atoms with van der Waals surface area (Å²) in [6.45, 7) is 0. The van der Waals surface area contributed by atoms with Gasteiger partial charge in [-0.3, -0.25) is 4.79 Å². The molecule has 0 N–H and O–H groups in total. The molecule has 4 nitrogen and oxygen atoms in total. The van der Waals surface area contributed by atoms with E-state index in [0.29, 0.717) is 5.75 Å². The fraction of sp³-hybridized carbons (Fsp3) is 0.214. The average molecular weight is 251 g/mol. The quantitative estimate of drug-likeness (QED) is 0.512. The van der Waals surface area contributed by atoms with Gasteiger partial charge in [0.25, 0.3) is 0 Å². The van der Waals surface area contributed by atoms with Crippen LogP contribution < -0.4 is 33.9 Å². The number of benzene rings is 1. The van der Waals surface area contributed by atoms with Gasteiger partial charge in [0.1, 0.15) is 5.75 Å². The van der Waals surface area contributed by atoms with Crippen molar-refractivity contribution in [1.29, 1.82) is 0 Å². The second-order valence-corrected chi connectivity index (χ2v) is 3.85. The third-order valence-corrected chi connectivity index (χ3v) is 2.71. The van der Waals surface area contributed by atoms with E-state index in [4.69, 9.17) is 9.47 Å². The van der Waals surface area contributed by atoms with Gasteiger partial charge in [0.2, 0.25) is 0 Å². The number of aryl methyl sites for hydroxylation is 1. The van der Waals surface area contributed by atoms with Crippen molar-refractivity contribution < 1.29 is 28.3 Å². The molecular weight excluding hydrogens is 237 g/mol. The summed E-state index contributed by atoms with van der Waals surface area (Å²) in [5.41, 5.74) is 1.55. The molecule has 0 fully saturated rings. The number of pyridine rings is 1. The molecule has 94 valence electrons. The Morgan fingerprint density at radius 1 is 1.11 bits per heavy atom. The molecule has 0 radical (unpaired) electrons. The van der Waals surface area contributed by atoms with Crippen molar-refractivity contribution in [3.8, 4) is 22.6 Å². The normalized spacial score (nSPS) is 9.63. The van der Waals surface area contributed by atoms with Crippen molar-refractivity contribution in [3.05, 3.63) is 46.9 Å². The Morgan fingerprint density at radius 3 is 2.26 bits per heavy atom. The van der Waals surface area contributed by atoms with E-state index < -0.39 is 0 Å². The molecule has 1 heterocycles. The maximum atomic E-state index is 11.5. The molecule has 0 spiro atoms. The summed E-state index contributed by atoms with van der Waals surface area (Å²) in [5.74, 6) is 1.23. The zero-order valence-electron chi connectivity index (χ0n) is 11.6. The second kappa shape index (κ2) is 6.51. The molecule has 0 amide bonds. The molecule has 0 saturated heterocycles. The fourth-order valence-electron chi connectivity index (χ4n) is 1.70. The van der Waals surface area contributed by atoms with Crippen LogP contribution in [0.4, 0.5) is 0 Å². The molecule has 5 heteroatoms. The molecule has 1 aromatic heterocycles. The standard InChI is InChI=1S/C14H14NO3.Li/c1-15-9-12(13(18-3)8-14(15)16)10-4-6-11(17-2)7-5-10;/h4-7,9H,1-3H3;/q-1;+1. The van der Waals surface area contributed by atoms with E-state index >= 15 is 0 Å². The van der Waals surface area contributed by atoms with E-state index in [0.717, 1.165) is 16.9 Å². The van der Waals surface area contributed by atoms with Crippen LogP contribution in [0.1, 0.15) is 0 Å². The first-order valence-corrected chi connectivity index (χ1v) is 5.47. The molecule has 0 aliphatic rings. The van der Waals surface area contributed by atoms with Crippen molar-refractivity contribution in [2.75, 3.05) is 14.2 Å². The van der Waals surface area contributed by atoms with E-state index in [1.807, 2.05) is 24.3 Å². The van der Waals surface area contributed by atoms with Gasteiger partial charge in [-0.15, -0.1) is 11.6 Å². The van der Waals surface area contributed by atoms with Crippen LogP contribution in [0.15, 0.2) is 35.3 Å². The minimum absolute atomic E-state index is 0. The van der Waals surface area contributed by atoms with Crippen LogP contribution in [-0.4, -0.2) is 18.8 Å². The molecule has 19 heavy (non-hydrogen) atoms. The summed E-state index contributed by atoms with van der Waals surface area (Å²) in [6.07, 6.45) is 1.74. The first kappa shape index (κ1) is 15.4. The number of rotatable bonds is 3. The van der Waals surface area contributed by atoms with E-state index in [1.54, 1.807) is 20.4 Å². The summed E-state index contributed by atoms with van der Waals surface area (Å²) in [4.78, 5) is 11.5. The summed E-state index contributed by atoms with van der Waals surface area (Å²) < 4.78 is 11.8. The van der Waals surface area contributed by atoms with Gasteiger partial charge in [-0.05, 0) is 17.9 Å². The Balaban J connectivity index is 0.00000180. The molecule has 2 aromatic rings. The molecule has 0 atom stereocenters. The third-order valence-electron chi connectivity index (χ3n) is 2.71. The van der Waals surface area contributed by atoms with Crippen LogP contribution in [0.5, 0.6) is 11.5 Å². The number of aromatic nitrogens is 1. The van der Waals surface area contributed by atoms with Crippen molar-refractivity contribution in [3.63, 3.8) is 0 Å². The molecular formula is C14H14LiNO3. The summed E-state index contributed by atoms with van der Waals surface area (Å²) in [7, 11) is 4.83. The maximum absolute atomic E-state index is 11.5. The van der Waals surface area contributed by atoms with Gasteiger partial charge in [-0.25, -0.2) is 0 Å². The first-order chi connectivity index (χ1) is 8.65. The predicted octanol–water partition coefficient (Wildman–Crippen LogP) is -1.13. The Kier molecular flexibility index (Phi) is 5.28. The van der Waals surface area contributed by atoms with Crippen LogP contribution in [-0.2, 0) is 7.05 Å². The van der Waals surface area contributed by atoms with Crippen LogP contribution in [0.3, 0.4) is 0 Å². The van der Waals surface area contributed by atoms with Crippen LogP contribution in [0, 0.1) is 6.07 Å². The maximum Gasteiger partial charge on any atom is 1.00 e. The van der Waals surface area contributed by atoms with Crippen LogP contribution >= 0.6 is 0 Å². The summed E-state index contributed by atoms with van der Waals surface area (Å²) in [5, 5.41) is 0. The molecule has 0 aliphatic heterocycles. The summed E-state index contributed by atoms with van der Waals surface area (Å²) >= 11 is 0. The first-order valence-electron chi connectivity index (χ1n) is 5.47. The van der Waals surface area contributed by atoms with Crippen molar-refractivity contribution >= 4 is 0 Å². The van der Waals surface area contributed by atoms with Crippen molar-refractivity contribution in [1.82, 2.24) is 4.57 Å². The summed E-state index contributed by atoms with van der Waals surface area (Å²) in [6, 6.07) is 10.2. The van der Waals surface area contributed by atoms with Gasteiger partial charge in [0.05, 0.1) is 14.2 Å². The molecule has 0 unspecified atom stereocenters. The van der Waals surface area contributed by atoms with Gasteiger partial charge in [0.15, 0.2) is 5.56 Å². The smallest absolute Gasteiger partial charge is 0.534 e. The molecule has 0 bridgehead atoms. The van der Waals surface area contributed by atoms with Gasteiger partial charge < -0.3 is 14.0 Å². The Morgan fingerprint density at radius 2 is 1.74 bits per heavy atom. The molecule has 0 saturated carbocycles. The van der Waals surface area contributed by atoms with E-state index in [2.05, 4.69) is 6.07 Å². The number of nitrogens with zero attached hydrogens (tertiary/aromatic N) is 1. The number of hydrogen-bond acceptors (Lipinski definition) is 3. The number of ether oxygens (including phenoxy) is 2. The number of methoxy groups -OCH3 is 2. The van der Waals surface area contributed by atoms with E-state index in [9.17, 15) is 4.79 Å². The van der Waals surface area contributed by atoms with Crippen LogP contribution in [0.25, 0.3) is 11.1 Å². The van der Waals surface area contributed by atoms with E-state index in [1.165, 1.54) is 11.7 Å². The zero-order valence-corrected chi connectivity index (χ0v) is 11.6.